The number of aryl methyl sites for hydroxylation is 2. The van der Waals surface area contributed by atoms with Crippen LogP contribution in [-0.2, 0) is 13.6 Å². The van der Waals surface area contributed by atoms with Crippen molar-refractivity contribution in [2.75, 3.05) is 0 Å². The Labute approximate surface area is 118 Å². The number of carbonyl (C=O) groups is 1. The number of carboxylic acids is 1. The smallest absolute Gasteiger partial charge is 0.358 e. The summed E-state index contributed by atoms with van der Waals surface area (Å²) in [4.78, 5) is 15.3. The van der Waals surface area contributed by atoms with Gasteiger partial charge in [0.1, 0.15) is 12.2 Å². The third-order valence-corrected chi connectivity index (χ3v) is 2.77. The first kappa shape index (κ1) is 13.0. The molecular weight excluding hydrogens is 278 g/mol. The molecule has 0 aliphatic rings. The molecule has 0 fully saturated rings. The van der Waals surface area contributed by atoms with Crippen LogP contribution in [0, 0.1) is 6.92 Å². The Kier molecular flexibility index (Phi) is 2.97. The molecule has 3 rings (SSSR count). The highest BCUT2D eigenvalue weighted by atomic mass is 16.5. The zero-order valence-corrected chi connectivity index (χ0v) is 11.3. The van der Waals surface area contributed by atoms with Gasteiger partial charge in [0.15, 0.2) is 11.5 Å². The number of aromatic carboxylic acids is 1. The topological polar surface area (TPSA) is 125 Å². The van der Waals surface area contributed by atoms with Crippen molar-refractivity contribution in [1.29, 1.82) is 0 Å². The Hall–Kier alpha value is -3.04. The van der Waals surface area contributed by atoms with E-state index in [0.717, 1.165) is 0 Å². The standard InChI is InChI=1S/C11H11N7O3/c1-6-13-8(21-15-6)5-18-10(7-3-12-17(2)4-7)9(11(19)20)14-16-18/h3-4H,5H2,1-2H3,(H,19,20). The van der Waals surface area contributed by atoms with E-state index in [1.54, 1.807) is 31.0 Å². The number of nitrogens with zero attached hydrogens (tertiary/aromatic N) is 7. The molecule has 0 aliphatic carbocycles. The van der Waals surface area contributed by atoms with Gasteiger partial charge in [-0.25, -0.2) is 9.48 Å². The zero-order valence-electron chi connectivity index (χ0n) is 11.3. The third kappa shape index (κ3) is 2.38. The Bertz CT molecular complexity index is 800. The van der Waals surface area contributed by atoms with E-state index in [2.05, 4.69) is 25.6 Å². The first-order valence-corrected chi connectivity index (χ1v) is 5.99. The lowest BCUT2D eigenvalue weighted by molar-refractivity contribution is 0.0691. The van der Waals surface area contributed by atoms with Crippen LogP contribution in [0.15, 0.2) is 16.9 Å². The second-order valence-electron chi connectivity index (χ2n) is 4.39. The van der Waals surface area contributed by atoms with Gasteiger partial charge in [-0.3, -0.25) is 4.68 Å². The fourth-order valence-electron chi connectivity index (χ4n) is 1.93. The maximum Gasteiger partial charge on any atom is 0.358 e. The number of hydrogen-bond acceptors (Lipinski definition) is 7. The third-order valence-electron chi connectivity index (χ3n) is 2.77. The van der Waals surface area contributed by atoms with Gasteiger partial charge in [0.05, 0.1) is 6.20 Å². The molecule has 0 spiro atoms. The van der Waals surface area contributed by atoms with Crippen molar-refractivity contribution in [3.05, 3.63) is 29.8 Å². The molecule has 0 bridgehead atoms. The van der Waals surface area contributed by atoms with Gasteiger partial charge in [0, 0.05) is 18.8 Å². The maximum absolute atomic E-state index is 11.3. The summed E-state index contributed by atoms with van der Waals surface area (Å²) in [6.07, 6.45) is 3.22. The predicted molar refractivity (Wildman–Crippen MR) is 67.3 cm³/mol. The molecule has 0 unspecified atom stereocenters. The number of rotatable bonds is 4. The Balaban J connectivity index is 2.06. The summed E-state index contributed by atoms with van der Waals surface area (Å²) in [6, 6.07) is 0. The minimum absolute atomic E-state index is 0.130. The van der Waals surface area contributed by atoms with E-state index in [0.29, 0.717) is 23.0 Å². The number of hydrogen-bond donors (Lipinski definition) is 1. The van der Waals surface area contributed by atoms with E-state index in [9.17, 15) is 9.90 Å². The molecule has 3 aromatic heterocycles. The van der Waals surface area contributed by atoms with Crippen molar-refractivity contribution in [3.63, 3.8) is 0 Å². The summed E-state index contributed by atoms with van der Waals surface area (Å²) >= 11 is 0. The average Bonchev–Trinajstić information content (AvgIpc) is 3.10. The van der Waals surface area contributed by atoms with Gasteiger partial charge in [0.2, 0.25) is 5.89 Å². The Morgan fingerprint density at radius 2 is 2.29 bits per heavy atom. The molecule has 10 heteroatoms. The van der Waals surface area contributed by atoms with Crippen LogP contribution in [0.4, 0.5) is 0 Å². The second kappa shape index (κ2) is 4.81. The molecule has 3 aromatic rings. The van der Waals surface area contributed by atoms with Crippen LogP contribution >= 0.6 is 0 Å². The Morgan fingerprint density at radius 3 is 2.86 bits per heavy atom. The van der Waals surface area contributed by atoms with Gasteiger partial charge < -0.3 is 9.63 Å². The first-order chi connectivity index (χ1) is 10.0. The zero-order chi connectivity index (χ0) is 15.0. The van der Waals surface area contributed by atoms with Gasteiger partial charge in [-0.1, -0.05) is 10.4 Å². The average molecular weight is 289 g/mol. The van der Waals surface area contributed by atoms with Crippen LogP contribution in [-0.4, -0.2) is 46.0 Å². The molecule has 0 aromatic carbocycles. The van der Waals surface area contributed by atoms with Crippen molar-refractivity contribution in [3.8, 4) is 11.3 Å². The van der Waals surface area contributed by atoms with Crippen LogP contribution in [0.25, 0.3) is 11.3 Å². The predicted octanol–water partition coefficient (Wildman–Crippen LogP) is 0.117. The van der Waals surface area contributed by atoms with Gasteiger partial charge in [-0.15, -0.1) is 5.10 Å². The summed E-state index contributed by atoms with van der Waals surface area (Å²) in [5.41, 5.74) is 0.779. The lowest BCUT2D eigenvalue weighted by Gasteiger charge is -2.02. The maximum atomic E-state index is 11.3. The molecule has 10 nitrogen and oxygen atoms in total. The molecule has 0 atom stereocenters. The summed E-state index contributed by atoms with van der Waals surface area (Å²) in [6.45, 7) is 1.82. The molecule has 3 heterocycles. The second-order valence-corrected chi connectivity index (χ2v) is 4.39. The van der Waals surface area contributed by atoms with Gasteiger partial charge in [-0.05, 0) is 6.92 Å². The van der Waals surface area contributed by atoms with E-state index in [1.165, 1.54) is 4.68 Å². The van der Waals surface area contributed by atoms with Crippen LogP contribution < -0.4 is 0 Å². The SMILES string of the molecule is Cc1noc(Cn2nnc(C(=O)O)c2-c2cnn(C)c2)n1. The molecular formula is C11H11N7O3. The summed E-state index contributed by atoms with van der Waals surface area (Å²) in [5.74, 6) is -0.354. The quantitative estimate of drug-likeness (QED) is 0.717. The van der Waals surface area contributed by atoms with E-state index < -0.39 is 5.97 Å². The summed E-state index contributed by atoms with van der Waals surface area (Å²) in [5, 5.41) is 24.5. The molecule has 108 valence electrons. The lowest BCUT2D eigenvalue weighted by atomic mass is 10.2. The van der Waals surface area contributed by atoms with E-state index in [1.807, 2.05) is 0 Å². The molecule has 0 saturated carbocycles. The van der Waals surface area contributed by atoms with Crippen molar-refractivity contribution in [2.45, 2.75) is 13.5 Å². The van der Waals surface area contributed by atoms with Crippen LogP contribution in [0.1, 0.15) is 22.2 Å². The molecule has 0 amide bonds. The normalized spacial score (nSPS) is 11.0. The van der Waals surface area contributed by atoms with E-state index in [4.69, 9.17) is 4.52 Å². The molecule has 21 heavy (non-hydrogen) atoms. The molecule has 0 saturated heterocycles. The van der Waals surface area contributed by atoms with Crippen LogP contribution in [0.2, 0.25) is 0 Å². The van der Waals surface area contributed by atoms with E-state index >= 15 is 0 Å². The highest BCUT2D eigenvalue weighted by molar-refractivity contribution is 5.92. The first-order valence-electron chi connectivity index (χ1n) is 5.99. The molecule has 0 aliphatic heterocycles. The van der Waals surface area contributed by atoms with Gasteiger partial charge in [0.25, 0.3) is 0 Å². The van der Waals surface area contributed by atoms with Crippen LogP contribution in [0.3, 0.4) is 0 Å². The summed E-state index contributed by atoms with van der Waals surface area (Å²) in [7, 11) is 1.74. The highest BCUT2D eigenvalue weighted by Crippen LogP contribution is 2.22. The Morgan fingerprint density at radius 1 is 1.48 bits per heavy atom. The number of carboxylic acid groups (broad SMARTS) is 1. The van der Waals surface area contributed by atoms with Crippen molar-refractivity contribution in [2.24, 2.45) is 7.05 Å². The minimum Gasteiger partial charge on any atom is -0.476 e. The fourth-order valence-corrected chi connectivity index (χ4v) is 1.93. The monoisotopic (exact) mass is 289 g/mol. The van der Waals surface area contributed by atoms with Gasteiger partial charge in [-0.2, -0.15) is 10.1 Å². The van der Waals surface area contributed by atoms with Crippen molar-refractivity contribution < 1.29 is 14.4 Å². The summed E-state index contributed by atoms with van der Waals surface area (Å²) < 4.78 is 7.98. The molecule has 0 radical (unpaired) electrons. The fraction of sp³-hybridized carbons (Fsp3) is 0.273. The minimum atomic E-state index is -1.16. The van der Waals surface area contributed by atoms with Crippen molar-refractivity contribution >= 4 is 5.97 Å². The van der Waals surface area contributed by atoms with E-state index in [-0.39, 0.29) is 12.2 Å². The largest absolute Gasteiger partial charge is 0.476 e. The van der Waals surface area contributed by atoms with Crippen LogP contribution in [0.5, 0.6) is 0 Å². The lowest BCUT2D eigenvalue weighted by Crippen LogP contribution is -2.06. The van der Waals surface area contributed by atoms with Crippen molar-refractivity contribution in [1.82, 2.24) is 34.9 Å². The number of aromatic nitrogens is 7. The van der Waals surface area contributed by atoms with Gasteiger partial charge >= 0.3 is 5.97 Å². The molecule has 1 N–H and O–H groups in total. The highest BCUT2D eigenvalue weighted by Gasteiger charge is 2.22.